The van der Waals surface area contributed by atoms with Crippen molar-refractivity contribution in [3.63, 3.8) is 0 Å². The number of aromatic nitrogens is 3. The average Bonchev–Trinajstić information content (AvgIpc) is 2.72. The number of hydrogen-bond donors (Lipinski definition) is 1. The fourth-order valence-electron chi connectivity index (χ4n) is 2.93. The Kier molecular flexibility index (Phi) is 3.27. The van der Waals surface area contributed by atoms with Gasteiger partial charge in [-0.15, -0.1) is 0 Å². The monoisotopic (exact) mass is 258 g/mol. The average molecular weight is 258 g/mol. The molecule has 2 aromatic rings. The molecular formula is C15H22N4. The van der Waals surface area contributed by atoms with Crippen LogP contribution in [0.4, 0.5) is 0 Å². The first-order chi connectivity index (χ1) is 9.21. The fourth-order valence-corrected chi connectivity index (χ4v) is 2.93. The second-order valence-electron chi connectivity index (χ2n) is 5.86. The van der Waals surface area contributed by atoms with E-state index in [1.807, 2.05) is 23.7 Å². The quantitative estimate of drug-likeness (QED) is 0.896. The number of aryl methyl sites for hydroxylation is 1. The third kappa shape index (κ3) is 2.50. The lowest BCUT2D eigenvalue weighted by Crippen LogP contribution is -2.39. The Hall–Kier alpha value is -1.42. The smallest absolute Gasteiger partial charge is 0.155 e. The highest BCUT2D eigenvalue weighted by molar-refractivity contribution is 5.38. The van der Waals surface area contributed by atoms with Crippen molar-refractivity contribution in [2.45, 2.75) is 46.1 Å². The van der Waals surface area contributed by atoms with E-state index in [0.717, 1.165) is 24.4 Å². The van der Waals surface area contributed by atoms with Gasteiger partial charge in [0.15, 0.2) is 5.65 Å². The van der Waals surface area contributed by atoms with E-state index in [-0.39, 0.29) is 0 Å². The maximum absolute atomic E-state index is 4.43. The van der Waals surface area contributed by atoms with Crippen molar-refractivity contribution >= 4 is 5.65 Å². The Morgan fingerprint density at radius 1 is 1.42 bits per heavy atom. The van der Waals surface area contributed by atoms with Gasteiger partial charge in [0.2, 0.25) is 0 Å². The van der Waals surface area contributed by atoms with Crippen molar-refractivity contribution < 1.29 is 0 Å². The molecule has 102 valence electrons. The van der Waals surface area contributed by atoms with Crippen LogP contribution >= 0.6 is 0 Å². The van der Waals surface area contributed by atoms with Gasteiger partial charge in [-0.1, -0.05) is 13.3 Å². The zero-order valence-electron chi connectivity index (χ0n) is 11.8. The summed E-state index contributed by atoms with van der Waals surface area (Å²) in [5.74, 6) is 0. The minimum atomic E-state index is 0.569. The molecule has 1 fully saturated rings. The van der Waals surface area contributed by atoms with E-state index in [4.69, 9.17) is 0 Å². The summed E-state index contributed by atoms with van der Waals surface area (Å²) in [6.45, 7) is 6.30. The summed E-state index contributed by atoms with van der Waals surface area (Å²) >= 11 is 0. The van der Waals surface area contributed by atoms with Gasteiger partial charge in [0, 0.05) is 37.1 Å². The molecule has 0 unspecified atom stereocenters. The summed E-state index contributed by atoms with van der Waals surface area (Å²) in [5, 5.41) is 7.99. The summed E-state index contributed by atoms with van der Waals surface area (Å²) in [5.41, 5.74) is 3.70. The Morgan fingerprint density at radius 3 is 2.95 bits per heavy atom. The summed E-state index contributed by atoms with van der Waals surface area (Å²) in [6.07, 6.45) is 9.47. The standard InChI is InChI=1S/C15H22N4/c1-3-15(5-4-6-15)11-16-8-13-9-17-14-7-12(2)18-19(14)10-13/h7,9-10,16H,3-6,8,11H2,1-2H3. The van der Waals surface area contributed by atoms with Crippen LogP contribution in [0.3, 0.4) is 0 Å². The van der Waals surface area contributed by atoms with Gasteiger partial charge in [-0.2, -0.15) is 5.10 Å². The molecule has 1 N–H and O–H groups in total. The van der Waals surface area contributed by atoms with Gasteiger partial charge in [0.05, 0.1) is 5.69 Å². The second-order valence-corrected chi connectivity index (χ2v) is 5.86. The summed E-state index contributed by atoms with van der Waals surface area (Å²) in [4.78, 5) is 4.43. The lowest BCUT2D eigenvalue weighted by molar-refractivity contribution is 0.124. The third-order valence-corrected chi connectivity index (χ3v) is 4.48. The van der Waals surface area contributed by atoms with Crippen molar-refractivity contribution in [3.05, 3.63) is 29.7 Å². The van der Waals surface area contributed by atoms with Gasteiger partial charge in [-0.25, -0.2) is 9.50 Å². The molecule has 1 saturated carbocycles. The summed E-state index contributed by atoms with van der Waals surface area (Å²) < 4.78 is 1.87. The minimum Gasteiger partial charge on any atom is -0.312 e. The molecule has 2 aromatic heterocycles. The van der Waals surface area contributed by atoms with Gasteiger partial charge in [-0.05, 0) is 31.6 Å². The number of fused-ring (bicyclic) bond motifs is 1. The number of nitrogens with one attached hydrogen (secondary N) is 1. The zero-order chi connectivity index (χ0) is 13.3. The predicted molar refractivity (Wildman–Crippen MR) is 76.0 cm³/mol. The van der Waals surface area contributed by atoms with Gasteiger partial charge in [0.1, 0.15) is 0 Å². The molecule has 0 atom stereocenters. The third-order valence-electron chi connectivity index (χ3n) is 4.48. The van der Waals surface area contributed by atoms with Crippen molar-refractivity contribution in [2.75, 3.05) is 6.54 Å². The van der Waals surface area contributed by atoms with Crippen LogP contribution in [0, 0.1) is 12.3 Å². The number of nitrogens with zero attached hydrogens (tertiary/aromatic N) is 3. The van der Waals surface area contributed by atoms with Crippen LogP contribution in [0.2, 0.25) is 0 Å². The molecule has 4 heteroatoms. The molecular weight excluding hydrogens is 236 g/mol. The highest BCUT2D eigenvalue weighted by atomic mass is 15.2. The molecule has 3 rings (SSSR count). The molecule has 0 saturated heterocycles. The van der Waals surface area contributed by atoms with E-state index in [1.54, 1.807) is 0 Å². The molecule has 0 amide bonds. The van der Waals surface area contributed by atoms with Crippen LogP contribution < -0.4 is 5.32 Å². The normalized spacial score (nSPS) is 17.6. The lowest BCUT2D eigenvalue weighted by atomic mass is 9.67. The van der Waals surface area contributed by atoms with Gasteiger partial charge >= 0.3 is 0 Å². The highest BCUT2D eigenvalue weighted by Crippen LogP contribution is 2.43. The second kappa shape index (κ2) is 4.93. The van der Waals surface area contributed by atoms with Crippen molar-refractivity contribution in [2.24, 2.45) is 5.41 Å². The first kappa shape index (κ1) is 12.6. The first-order valence-corrected chi connectivity index (χ1v) is 7.22. The van der Waals surface area contributed by atoms with Crippen LogP contribution in [-0.4, -0.2) is 21.1 Å². The molecule has 0 aromatic carbocycles. The topological polar surface area (TPSA) is 42.2 Å². The Morgan fingerprint density at radius 2 is 2.26 bits per heavy atom. The highest BCUT2D eigenvalue weighted by Gasteiger charge is 2.34. The molecule has 0 aliphatic heterocycles. The number of rotatable bonds is 5. The predicted octanol–water partition coefficient (Wildman–Crippen LogP) is 2.71. The Bertz CT molecular complexity index is 563. The van der Waals surface area contributed by atoms with Crippen LogP contribution in [0.15, 0.2) is 18.5 Å². The molecule has 19 heavy (non-hydrogen) atoms. The van der Waals surface area contributed by atoms with E-state index in [2.05, 4.69) is 28.5 Å². The summed E-state index contributed by atoms with van der Waals surface area (Å²) in [7, 11) is 0. The van der Waals surface area contributed by atoms with E-state index in [1.165, 1.54) is 31.2 Å². The largest absolute Gasteiger partial charge is 0.312 e. The fraction of sp³-hybridized carbons (Fsp3) is 0.600. The molecule has 2 heterocycles. The van der Waals surface area contributed by atoms with Crippen molar-refractivity contribution in [3.8, 4) is 0 Å². The molecule has 1 aliphatic rings. The summed E-state index contributed by atoms with van der Waals surface area (Å²) in [6, 6.07) is 2.00. The van der Waals surface area contributed by atoms with Crippen LogP contribution in [0.1, 0.15) is 43.9 Å². The van der Waals surface area contributed by atoms with Crippen LogP contribution in [0.5, 0.6) is 0 Å². The first-order valence-electron chi connectivity index (χ1n) is 7.22. The van der Waals surface area contributed by atoms with Gasteiger partial charge in [-0.3, -0.25) is 0 Å². The van der Waals surface area contributed by atoms with Gasteiger partial charge in [0.25, 0.3) is 0 Å². The maximum Gasteiger partial charge on any atom is 0.155 e. The number of hydrogen-bond acceptors (Lipinski definition) is 3. The van der Waals surface area contributed by atoms with Crippen LogP contribution in [-0.2, 0) is 6.54 Å². The molecule has 0 spiro atoms. The van der Waals surface area contributed by atoms with Gasteiger partial charge < -0.3 is 5.32 Å². The molecule has 1 aliphatic carbocycles. The van der Waals surface area contributed by atoms with E-state index in [9.17, 15) is 0 Å². The molecule has 4 nitrogen and oxygen atoms in total. The van der Waals surface area contributed by atoms with Crippen molar-refractivity contribution in [1.82, 2.24) is 19.9 Å². The lowest BCUT2D eigenvalue weighted by Gasteiger charge is -2.41. The van der Waals surface area contributed by atoms with Crippen LogP contribution in [0.25, 0.3) is 5.65 Å². The van der Waals surface area contributed by atoms with E-state index in [0.29, 0.717) is 5.41 Å². The minimum absolute atomic E-state index is 0.569. The Labute approximate surface area is 114 Å². The molecule has 0 radical (unpaired) electrons. The zero-order valence-corrected chi connectivity index (χ0v) is 11.8. The SMILES string of the molecule is CCC1(CNCc2cnc3cc(C)nn3c2)CCC1. The van der Waals surface area contributed by atoms with Crippen molar-refractivity contribution in [1.29, 1.82) is 0 Å². The van der Waals surface area contributed by atoms with E-state index < -0.39 is 0 Å². The maximum atomic E-state index is 4.43. The molecule has 0 bridgehead atoms. The Balaban J connectivity index is 1.62. The van der Waals surface area contributed by atoms with E-state index >= 15 is 0 Å².